The van der Waals surface area contributed by atoms with Crippen molar-refractivity contribution in [2.45, 2.75) is 13.1 Å². The SMILES string of the molecule is CCOC(=O)c1nnsc1Nc1cncc(C(F)(F)F)c1. The van der Waals surface area contributed by atoms with Crippen molar-refractivity contribution in [3.05, 3.63) is 29.7 Å². The third kappa shape index (κ3) is 3.66. The molecule has 1 N–H and O–H groups in total. The number of esters is 1. The molecule has 2 aromatic rings. The molecule has 0 saturated heterocycles. The predicted octanol–water partition coefficient (Wildman–Crippen LogP) is 2.87. The number of anilines is 2. The molecule has 0 atom stereocenters. The molecule has 0 fully saturated rings. The fourth-order valence-electron chi connectivity index (χ4n) is 1.40. The number of ether oxygens (including phenoxy) is 1. The molecule has 0 radical (unpaired) electrons. The lowest BCUT2D eigenvalue weighted by atomic mass is 10.2. The zero-order valence-corrected chi connectivity index (χ0v) is 11.5. The van der Waals surface area contributed by atoms with Crippen LogP contribution in [-0.4, -0.2) is 27.1 Å². The number of halogens is 3. The number of hydrogen-bond donors (Lipinski definition) is 1. The summed E-state index contributed by atoms with van der Waals surface area (Å²) in [5.74, 6) is -0.700. The van der Waals surface area contributed by atoms with Crippen molar-refractivity contribution in [2.24, 2.45) is 0 Å². The zero-order chi connectivity index (χ0) is 15.5. The number of nitrogens with one attached hydrogen (secondary N) is 1. The Labute approximate surface area is 121 Å². The molecule has 10 heteroatoms. The highest BCUT2D eigenvalue weighted by atomic mass is 32.1. The maximum Gasteiger partial charge on any atom is 0.417 e. The van der Waals surface area contributed by atoms with E-state index in [9.17, 15) is 18.0 Å². The molecule has 0 spiro atoms. The number of carbonyl (C=O) groups is 1. The van der Waals surface area contributed by atoms with E-state index in [0.29, 0.717) is 6.20 Å². The lowest BCUT2D eigenvalue weighted by Crippen LogP contribution is -2.08. The van der Waals surface area contributed by atoms with Gasteiger partial charge >= 0.3 is 12.1 Å². The van der Waals surface area contributed by atoms with Gasteiger partial charge in [0.15, 0.2) is 0 Å². The fourth-order valence-corrected chi connectivity index (χ4v) is 1.98. The largest absolute Gasteiger partial charge is 0.461 e. The van der Waals surface area contributed by atoms with Crippen LogP contribution >= 0.6 is 11.5 Å². The van der Waals surface area contributed by atoms with Gasteiger partial charge in [-0.1, -0.05) is 4.49 Å². The van der Waals surface area contributed by atoms with E-state index >= 15 is 0 Å². The Kier molecular flexibility index (Phi) is 4.36. The van der Waals surface area contributed by atoms with Gasteiger partial charge in [-0.25, -0.2) is 4.79 Å². The third-order valence-electron chi connectivity index (χ3n) is 2.28. The molecule has 21 heavy (non-hydrogen) atoms. The first kappa shape index (κ1) is 15.2. The molecule has 2 rings (SSSR count). The van der Waals surface area contributed by atoms with Gasteiger partial charge in [-0.15, -0.1) is 5.10 Å². The van der Waals surface area contributed by atoms with Crippen LogP contribution in [0.4, 0.5) is 23.9 Å². The number of pyridine rings is 1. The number of rotatable bonds is 4. The summed E-state index contributed by atoms with van der Waals surface area (Å²) in [6.07, 6.45) is -2.59. The molecule has 0 bridgehead atoms. The summed E-state index contributed by atoms with van der Waals surface area (Å²) in [7, 11) is 0. The molecule has 0 aliphatic heterocycles. The highest BCUT2D eigenvalue weighted by molar-refractivity contribution is 7.10. The van der Waals surface area contributed by atoms with Gasteiger partial charge < -0.3 is 10.1 Å². The first-order chi connectivity index (χ1) is 9.91. The molecule has 0 saturated carbocycles. The highest BCUT2D eigenvalue weighted by Gasteiger charge is 2.31. The Morgan fingerprint density at radius 1 is 1.43 bits per heavy atom. The molecule has 0 aliphatic rings. The Morgan fingerprint density at radius 2 is 2.19 bits per heavy atom. The fraction of sp³-hybridized carbons (Fsp3) is 0.273. The van der Waals surface area contributed by atoms with E-state index in [1.807, 2.05) is 0 Å². The van der Waals surface area contributed by atoms with E-state index in [0.717, 1.165) is 17.6 Å². The standard InChI is InChI=1S/C11H9F3N4O2S/c1-2-20-10(19)8-9(21-18-17-8)16-7-3-6(4-15-5-7)11(12,13)14/h3-5,16H,2H2,1H3. The van der Waals surface area contributed by atoms with E-state index in [4.69, 9.17) is 4.74 Å². The number of aromatic nitrogens is 3. The number of hydrogen-bond acceptors (Lipinski definition) is 7. The predicted molar refractivity (Wildman–Crippen MR) is 68.4 cm³/mol. The van der Waals surface area contributed by atoms with Crippen molar-refractivity contribution in [3.63, 3.8) is 0 Å². The van der Waals surface area contributed by atoms with Crippen molar-refractivity contribution in [2.75, 3.05) is 11.9 Å². The topological polar surface area (TPSA) is 77.0 Å². The minimum Gasteiger partial charge on any atom is -0.461 e. The maximum atomic E-state index is 12.6. The van der Waals surface area contributed by atoms with Crippen LogP contribution in [0.1, 0.15) is 23.0 Å². The summed E-state index contributed by atoms with van der Waals surface area (Å²) >= 11 is 0.830. The third-order valence-corrected chi connectivity index (χ3v) is 2.92. The first-order valence-corrected chi connectivity index (χ1v) is 6.48. The van der Waals surface area contributed by atoms with Crippen molar-refractivity contribution >= 4 is 28.2 Å². The second-order valence-corrected chi connectivity index (χ2v) is 4.51. The second-order valence-electron chi connectivity index (χ2n) is 3.76. The molecule has 0 unspecified atom stereocenters. The number of alkyl halides is 3. The Morgan fingerprint density at radius 3 is 2.86 bits per heavy atom. The van der Waals surface area contributed by atoms with Crippen LogP contribution in [0.3, 0.4) is 0 Å². The summed E-state index contributed by atoms with van der Waals surface area (Å²) in [6.45, 7) is 1.78. The molecule has 0 aromatic carbocycles. The summed E-state index contributed by atoms with van der Waals surface area (Å²) in [5, 5.41) is 6.41. The van der Waals surface area contributed by atoms with Crippen LogP contribution < -0.4 is 5.32 Å². The first-order valence-electron chi connectivity index (χ1n) is 5.70. The Hall–Kier alpha value is -2.23. The van der Waals surface area contributed by atoms with Crippen LogP contribution in [0, 0.1) is 0 Å². The van der Waals surface area contributed by atoms with Crippen molar-refractivity contribution in [1.29, 1.82) is 0 Å². The van der Waals surface area contributed by atoms with Gasteiger partial charge in [0.25, 0.3) is 0 Å². The maximum absolute atomic E-state index is 12.6. The van der Waals surface area contributed by atoms with Crippen molar-refractivity contribution < 1.29 is 22.7 Å². The number of nitrogens with zero attached hydrogens (tertiary/aromatic N) is 3. The summed E-state index contributed by atoms with van der Waals surface area (Å²) < 4.78 is 46.1. The quantitative estimate of drug-likeness (QED) is 0.874. The zero-order valence-electron chi connectivity index (χ0n) is 10.6. The minimum atomic E-state index is -4.50. The Balaban J connectivity index is 2.23. The molecule has 0 amide bonds. The summed E-state index contributed by atoms with van der Waals surface area (Å²) in [4.78, 5) is 15.1. The summed E-state index contributed by atoms with van der Waals surface area (Å²) in [6, 6.07) is 0.877. The Bertz CT molecular complexity index is 644. The normalized spacial score (nSPS) is 11.2. The van der Waals surface area contributed by atoms with Crippen molar-refractivity contribution in [3.8, 4) is 0 Å². The molecular weight excluding hydrogens is 309 g/mol. The molecule has 2 heterocycles. The van der Waals surface area contributed by atoms with Crippen LogP contribution in [0.25, 0.3) is 0 Å². The lowest BCUT2D eigenvalue weighted by Gasteiger charge is -2.09. The van der Waals surface area contributed by atoms with Crippen LogP contribution in [0.5, 0.6) is 0 Å². The average Bonchev–Trinajstić information content (AvgIpc) is 2.86. The molecule has 2 aromatic heterocycles. The van der Waals surface area contributed by atoms with Crippen LogP contribution in [0.2, 0.25) is 0 Å². The highest BCUT2D eigenvalue weighted by Crippen LogP contribution is 2.31. The van der Waals surface area contributed by atoms with Crippen LogP contribution in [-0.2, 0) is 10.9 Å². The monoisotopic (exact) mass is 318 g/mol. The van der Waals surface area contributed by atoms with Crippen LogP contribution in [0.15, 0.2) is 18.5 Å². The van der Waals surface area contributed by atoms with Gasteiger partial charge in [-0.2, -0.15) is 13.2 Å². The number of carbonyl (C=O) groups excluding carboxylic acids is 1. The van der Waals surface area contributed by atoms with E-state index in [1.54, 1.807) is 6.92 Å². The average molecular weight is 318 g/mol. The van der Waals surface area contributed by atoms with E-state index < -0.39 is 17.7 Å². The lowest BCUT2D eigenvalue weighted by molar-refractivity contribution is -0.137. The van der Waals surface area contributed by atoms with Crippen molar-refractivity contribution in [1.82, 2.24) is 14.6 Å². The van der Waals surface area contributed by atoms with E-state index in [-0.39, 0.29) is 23.0 Å². The van der Waals surface area contributed by atoms with Gasteiger partial charge in [0.2, 0.25) is 5.69 Å². The van der Waals surface area contributed by atoms with Gasteiger partial charge in [0.05, 0.1) is 24.1 Å². The molecule has 6 nitrogen and oxygen atoms in total. The minimum absolute atomic E-state index is 0.0708. The van der Waals surface area contributed by atoms with E-state index in [2.05, 4.69) is 19.9 Å². The molecular formula is C11H9F3N4O2S. The van der Waals surface area contributed by atoms with Gasteiger partial charge in [-0.05, 0) is 13.0 Å². The smallest absolute Gasteiger partial charge is 0.417 e. The van der Waals surface area contributed by atoms with E-state index in [1.165, 1.54) is 6.20 Å². The van der Waals surface area contributed by atoms with Gasteiger partial charge in [-0.3, -0.25) is 4.98 Å². The van der Waals surface area contributed by atoms with Gasteiger partial charge in [0, 0.05) is 17.7 Å². The second kappa shape index (κ2) is 6.04. The molecule has 0 aliphatic carbocycles. The molecule has 112 valence electrons. The van der Waals surface area contributed by atoms with Gasteiger partial charge in [0.1, 0.15) is 5.00 Å². The summed E-state index contributed by atoms with van der Waals surface area (Å²) in [5.41, 5.74) is -0.914.